The number of thiazole rings is 1. The number of amides is 1. The number of likely N-dealkylation sites (N-methyl/N-ethyl adjacent to an activating group) is 1. The van der Waals surface area contributed by atoms with Crippen LogP contribution in [0.25, 0.3) is 6.08 Å². The normalized spacial score (nSPS) is 12.8. The summed E-state index contributed by atoms with van der Waals surface area (Å²) in [6.45, 7) is 5.25. The zero-order chi connectivity index (χ0) is 16.2. The summed E-state index contributed by atoms with van der Waals surface area (Å²) in [5.74, 6) is 1.44. The van der Waals surface area contributed by atoms with Gasteiger partial charge in [-0.1, -0.05) is 12.1 Å². The number of aromatic nitrogens is 1. The van der Waals surface area contributed by atoms with Crippen LogP contribution in [0.15, 0.2) is 30.5 Å². The van der Waals surface area contributed by atoms with Crippen molar-refractivity contribution in [2.24, 2.45) is 0 Å². The summed E-state index contributed by atoms with van der Waals surface area (Å²) in [4.78, 5) is 19.3. The van der Waals surface area contributed by atoms with Crippen LogP contribution in [0, 0.1) is 6.92 Å². The molecule has 0 radical (unpaired) electrons. The van der Waals surface area contributed by atoms with Gasteiger partial charge in [-0.05, 0) is 26.0 Å². The fraction of sp³-hybridized carbons (Fsp3) is 0.294. The molecule has 0 saturated carbocycles. The third-order valence-corrected chi connectivity index (χ3v) is 4.44. The van der Waals surface area contributed by atoms with E-state index in [-0.39, 0.29) is 12.7 Å². The van der Waals surface area contributed by atoms with E-state index in [4.69, 9.17) is 9.47 Å². The lowest BCUT2D eigenvalue weighted by Crippen LogP contribution is -2.28. The SMILES string of the molecule is CCN(Cc1cccc2c1OCO2)C(=O)/C=C/c1cnc(C)s1. The molecule has 23 heavy (non-hydrogen) atoms. The largest absolute Gasteiger partial charge is 0.454 e. The molecule has 0 saturated heterocycles. The maximum atomic E-state index is 12.4. The Morgan fingerprint density at radius 2 is 2.30 bits per heavy atom. The minimum absolute atomic E-state index is 0.0323. The summed E-state index contributed by atoms with van der Waals surface area (Å²) in [5.41, 5.74) is 0.956. The molecule has 0 aliphatic carbocycles. The second-order valence-electron chi connectivity index (χ2n) is 5.12. The van der Waals surface area contributed by atoms with Gasteiger partial charge in [-0.2, -0.15) is 0 Å². The van der Waals surface area contributed by atoms with Crippen LogP contribution in [-0.2, 0) is 11.3 Å². The van der Waals surface area contributed by atoms with E-state index < -0.39 is 0 Å². The Kier molecular flexibility index (Phi) is 4.62. The van der Waals surface area contributed by atoms with Gasteiger partial charge in [0.25, 0.3) is 0 Å². The number of carbonyl (C=O) groups is 1. The average Bonchev–Trinajstić information content (AvgIpc) is 3.19. The van der Waals surface area contributed by atoms with Crippen LogP contribution in [0.1, 0.15) is 22.4 Å². The molecule has 0 atom stereocenters. The molecule has 5 nitrogen and oxygen atoms in total. The molecule has 1 aliphatic rings. The highest BCUT2D eigenvalue weighted by atomic mass is 32.1. The molecule has 0 fully saturated rings. The van der Waals surface area contributed by atoms with Crippen LogP contribution < -0.4 is 9.47 Å². The van der Waals surface area contributed by atoms with Gasteiger partial charge in [0.1, 0.15) is 0 Å². The number of hydrogen-bond donors (Lipinski definition) is 0. The Bertz CT molecular complexity index is 739. The first-order chi connectivity index (χ1) is 11.2. The Morgan fingerprint density at radius 3 is 3.04 bits per heavy atom. The summed E-state index contributed by atoms with van der Waals surface area (Å²) in [6.07, 6.45) is 5.18. The first-order valence-electron chi connectivity index (χ1n) is 7.44. The van der Waals surface area contributed by atoms with Crippen LogP contribution in [0.5, 0.6) is 11.5 Å². The lowest BCUT2D eigenvalue weighted by Gasteiger charge is -2.20. The molecule has 1 aromatic carbocycles. The number of benzene rings is 1. The third kappa shape index (κ3) is 3.53. The topological polar surface area (TPSA) is 51.7 Å². The molecular formula is C17H18N2O3S. The number of hydrogen-bond acceptors (Lipinski definition) is 5. The van der Waals surface area contributed by atoms with Gasteiger partial charge in [0.2, 0.25) is 12.7 Å². The van der Waals surface area contributed by atoms with Crippen molar-refractivity contribution >= 4 is 23.3 Å². The molecule has 3 rings (SSSR count). The van der Waals surface area contributed by atoms with E-state index >= 15 is 0 Å². The summed E-state index contributed by atoms with van der Waals surface area (Å²) >= 11 is 1.56. The van der Waals surface area contributed by atoms with Crippen LogP contribution >= 0.6 is 11.3 Å². The first-order valence-corrected chi connectivity index (χ1v) is 8.26. The Morgan fingerprint density at radius 1 is 1.43 bits per heavy atom. The Balaban J connectivity index is 1.71. The van der Waals surface area contributed by atoms with Crippen LogP contribution in [0.4, 0.5) is 0 Å². The Labute approximate surface area is 139 Å². The second kappa shape index (κ2) is 6.83. The summed E-state index contributed by atoms with van der Waals surface area (Å²) in [5, 5.41) is 0.987. The predicted molar refractivity (Wildman–Crippen MR) is 89.5 cm³/mol. The van der Waals surface area contributed by atoms with E-state index in [0.29, 0.717) is 13.1 Å². The molecule has 0 N–H and O–H groups in total. The predicted octanol–water partition coefficient (Wildman–Crippen LogP) is 3.24. The van der Waals surface area contributed by atoms with Crippen molar-refractivity contribution in [1.29, 1.82) is 0 Å². The molecule has 0 spiro atoms. The highest BCUT2D eigenvalue weighted by Crippen LogP contribution is 2.35. The second-order valence-corrected chi connectivity index (χ2v) is 6.38. The van der Waals surface area contributed by atoms with Gasteiger partial charge in [0, 0.05) is 35.8 Å². The van der Waals surface area contributed by atoms with Crippen molar-refractivity contribution in [2.45, 2.75) is 20.4 Å². The number of fused-ring (bicyclic) bond motifs is 1. The van der Waals surface area contributed by atoms with Gasteiger partial charge in [-0.3, -0.25) is 4.79 Å². The summed E-state index contributed by atoms with van der Waals surface area (Å²) < 4.78 is 10.9. The maximum Gasteiger partial charge on any atom is 0.246 e. The number of nitrogens with zero attached hydrogens (tertiary/aromatic N) is 2. The van der Waals surface area contributed by atoms with Crippen molar-refractivity contribution in [3.05, 3.63) is 45.9 Å². The molecule has 0 bridgehead atoms. The molecular weight excluding hydrogens is 312 g/mol. The molecule has 0 unspecified atom stereocenters. The van der Waals surface area contributed by atoms with Crippen molar-refractivity contribution < 1.29 is 14.3 Å². The first kappa shape index (κ1) is 15.6. The summed E-state index contributed by atoms with van der Waals surface area (Å²) in [6, 6.07) is 5.74. The smallest absolute Gasteiger partial charge is 0.246 e. The molecule has 1 aromatic heterocycles. The van der Waals surface area contributed by atoms with Crippen molar-refractivity contribution in [3.63, 3.8) is 0 Å². The quantitative estimate of drug-likeness (QED) is 0.790. The number of rotatable bonds is 5. The van der Waals surface area contributed by atoms with Gasteiger partial charge in [0.05, 0.1) is 5.01 Å². The fourth-order valence-electron chi connectivity index (χ4n) is 2.38. The van der Waals surface area contributed by atoms with Gasteiger partial charge < -0.3 is 14.4 Å². The third-order valence-electron chi connectivity index (χ3n) is 3.56. The van der Waals surface area contributed by atoms with E-state index in [1.807, 2.05) is 38.1 Å². The monoisotopic (exact) mass is 330 g/mol. The highest BCUT2D eigenvalue weighted by molar-refractivity contribution is 7.12. The molecule has 2 heterocycles. The van der Waals surface area contributed by atoms with E-state index in [2.05, 4.69) is 4.98 Å². The Hall–Kier alpha value is -2.34. The fourth-order valence-corrected chi connectivity index (χ4v) is 3.07. The zero-order valence-electron chi connectivity index (χ0n) is 13.1. The highest BCUT2D eigenvalue weighted by Gasteiger charge is 2.19. The van der Waals surface area contributed by atoms with Crippen molar-refractivity contribution in [1.82, 2.24) is 9.88 Å². The molecule has 1 amide bonds. The van der Waals surface area contributed by atoms with E-state index in [0.717, 1.165) is 26.9 Å². The zero-order valence-corrected chi connectivity index (χ0v) is 13.9. The minimum atomic E-state index is -0.0323. The lowest BCUT2D eigenvalue weighted by atomic mass is 10.1. The van der Waals surface area contributed by atoms with Crippen LogP contribution in [-0.4, -0.2) is 29.1 Å². The van der Waals surface area contributed by atoms with E-state index in [1.165, 1.54) is 0 Å². The van der Waals surface area contributed by atoms with Gasteiger partial charge in [-0.15, -0.1) is 11.3 Å². The van der Waals surface area contributed by atoms with Crippen molar-refractivity contribution in [3.8, 4) is 11.5 Å². The maximum absolute atomic E-state index is 12.4. The molecule has 1 aliphatic heterocycles. The summed E-state index contributed by atoms with van der Waals surface area (Å²) in [7, 11) is 0. The van der Waals surface area contributed by atoms with E-state index in [9.17, 15) is 4.79 Å². The van der Waals surface area contributed by atoms with Gasteiger partial charge in [0.15, 0.2) is 11.5 Å². The van der Waals surface area contributed by atoms with Crippen molar-refractivity contribution in [2.75, 3.05) is 13.3 Å². The standard InChI is InChI=1S/C17H18N2O3S/c1-3-19(16(20)8-7-14-9-18-12(2)23-14)10-13-5-4-6-15-17(13)22-11-21-15/h4-9H,3,10-11H2,1-2H3/b8-7+. The average molecular weight is 330 g/mol. The number of ether oxygens (including phenoxy) is 2. The van der Waals surface area contributed by atoms with Crippen LogP contribution in [0.2, 0.25) is 0 Å². The minimum Gasteiger partial charge on any atom is -0.454 e. The number of aryl methyl sites for hydroxylation is 1. The van der Waals surface area contributed by atoms with Crippen LogP contribution in [0.3, 0.4) is 0 Å². The molecule has 2 aromatic rings. The molecule has 120 valence electrons. The lowest BCUT2D eigenvalue weighted by molar-refractivity contribution is -0.126. The van der Waals surface area contributed by atoms with Gasteiger partial charge >= 0.3 is 0 Å². The number of carbonyl (C=O) groups excluding carboxylic acids is 1. The van der Waals surface area contributed by atoms with E-state index in [1.54, 1.807) is 28.5 Å². The molecule has 6 heteroatoms. The van der Waals surface area contributed by atoms with Gasteiger partial charge in [-0.25, -0.2) is 4.98 Å². The number of para-hydroxylation sites is 1.